The topological polar surface area (TPSA) is 35.2 Å². The third-order valence-electron chi connectivity index (χ3n) is 4.19. The van der Waals surface area contributed by atoms with E-state index >= 15 is 0 Å². The summed E-state index contributed by atoms with van der Waals surface area (Å²) in [6.07, 6.45) is 6.52. The monoisotopic (exact) mass is 279 g/mol. The van der Waals surface area contributed by atoms with Gasteiger partial charge in [0.25, 0.3) is 0 Å². The fourth-order valence-corrected chi connectivity index (χ4v) is 3.08. The molecule has 1 saturated carbocycles. The van der Waals surface area contributed by atoms with E-state index in [-0.39, 0.29) is 18.0 Å². The van der Waals surface area contributed by atoms with Crippen molar-refractivity contribution >= 4 is 0 Å². The molecule has 0 heterocycles. The molecule has 3 atom stereocenters. The quantitative estimate of drug-likeness (QED) is 0.882. The van der Waals surface area contributed by atoms with Gasteiger partial charge in [0, 0.05) is 6.04 Å². The summed E-state index contributed by atoms with van der Waals surface area (Å²) in [5, 5.41) is 0. The summed E-state index contributed by atoms with van der Waals surface area (Å²) in [4.78, 5) is 0. The fraction of sp³-hybridized carbons (Fsp3) is 0.647. The highest BCUT2D eigenvalue weighted by molar-refractivity contribution is 5.35. The number of halogens is 1. The summed E-state index contributed by atoms with van der Waals surface area (Å²) < 4.78 is 20.1. The molecule has 2 N–H and O–H groups in total. The summed E-state index contributed by atoms with van der Waals surface area (Å²) >= 11 is 0. The number of hydrogen-bond acceptors (Lipinski definition) is 2. The van der Waals surface area contributed by atoms with Crippen LogP contribution in [0.25, 0.3) is 0 Å². The van der Waals surface area contributed by atoms with E-state index in [0.717, 1.165) is 24.3 Å². The molecule has 1 aliphatic carbocycles. The molecule has 1 aliphatic rings. The summed E-state index contributed by atoms with van der Waals surface area (Å²) in [5.74, 6) is 0.880. The molecule has 0 aromatic heterocycles. The normalized spacial score (nSPS) is 24.4. The minimum Gasteiger partial charge on any atom is -0.487 e. The number of nitrogens with two attached hydrogens (primary N) is 1. The van der Waals surface area contributed by atoms with Crippen molar-refractivity contribution < 1.29 is 9.13 Å². The van der Waals surface area contributed by atoms with E-state index in [1.54, 1.807) is 6.07 Å². The van der Waals surface area contributed by atoms with Gasteiger partial charge in [0.2, 0.25) is 0 Å². The lowest BCUT2D eigenvalue weighted by molar-refractivity contribution is 0.116. The van der Waals surface area contributed by atoms with Gasteiger partial charge in [-0.05, 0) is 50.2 Å². The lowest BCUT2D eigenvalue weighted by atomic mass is 9.85. The van der Waals surface area contributed by atoms with Crippen LogP contribution in [-0.2, 0) is 6.42 Å². The maximum atomic E-state index is 14.1. The van der Waals surface area contributed by atoms with E-state index in [1.807, 2.05) is 13.0 Å². The lowest BCUT2D eigenvalue weighted by Gasteiger charge is -2.30. The largest absolute Gasteiger partial charge is 0.487 e. The highest BCUT2D eigenvalue weighted by Crippen LogP contribution is 2.32. The molecule has 0 radical (unpaired) electrons. The van der Waals surface area contributed by atoms with Crippen LogP contribution in [0.5, 0.6) is 5.75 Å². The Kier molecular flexibility index (Phi) is 5.41. The lowest BCUT2D eigenvalue weighted by Crippen LogP contribution is -2.26. The summed E-state index contributed by atoms with van der Waals surface area (Å²) in [5.41, 5.74) is 6.73. The van der Waals surface area contributed by atoms with Crippen LogP contribution < -0.4 is 10.5 Å². The minimum absolute atomic E-state index is 0.00824. The molecule has 3 heteroatoms. The van der Waals surface area contributed by atoms with Crippen molar-refractivity contribution in [2.75, 3.05) is 0 Å². The smallest absolute Gasteiger partial charge is 0.165 e. The molecule has 0 saturated heterocycles. The molecule has 112 valence electrons. The molecule has 3 unspecified atom stereocenters. The molecule has 0 bridgehead atoms. The van der Waals surface area contributed by atoms with E-state index < -0.39 is 0 Å². The van der Waals surface area contributed by atoms with Crippen LogP contribution in [0.15, 0.2) is 18.2 Å². The average molecular weight is 279 g/mol. The Hall–Kier alpha value is -1.09. The van der Waals surface area contributed by atoms with Gasteiger partial charge in [-0.25, -0.2) is 4.39 Å². The van der Waals surface area contributed by atoms with Gasteiger partial charge < -0.3 is 10.5 Å². The maximum Gasteiger partial charge on any atom is 0.165 e. The fourth-order valence-electron chi connectivity index (χ4n) is 3.08. The standard InChI is InChI=1S/C17H26FNO/c1-3-13-6-4-8-15(11-13)20-17-14(10-12(2)19)7-5-9-16(17)18/h5,7,9,12-13,15H,3-4,6,8,10-11,19H2,1-2H3. The first-order valence-corrected chi connectivity index (χ1v) is 7.79. The van der Waals surface area contributed by atoms with E-state index in [9.17, 15) is 4.39 Å². The van der Waals surface area contributed by atoms with Gasteiger partial charge in [0.1, 0.15) is 0 Å². The molecule has 1 aromatic rings. The van der Waals surface area contributed by atoms with Crippen LogP contribution in [0.1, 0.15) is 51.5 Å². The Labute approximate surface area is 121 Å². The van der Waals surface area contributed by atoms with E-state index in [0.29, 0.717) is 12.2 Å². The third-order valence-corrected chi connectivity index (χ3v) is 4.19. The van der Waals surface area contributed by atoms with Crippen LogP contribution in [0.3, 0.4) is 0 Å². The summed E-state index contributed by atoms with van der Waals surface area (Å²) in [6, 6.07) is 5.13. The zero-order chi connectivity index (χ0) is 14.5. The second-order valence-electron chi connectivity index (χ2n) is 6.09. The van der Waals surface area contributed by atoms with Crippen LogP contribution >= 0.6 is 0 Å². The number of para-hydroxylation sites is 1. The third kappa shape index (κ3) is 3.95. The molecule has 1 fully saturated rings. The van der Waals surface area contributed by atoms with Gasteiger partial charge in [0.15, 0.2) is 11.6 Å². The maximum absolute atomic E-state index is 14.1. The number of hydrogen-bond donors (Lipinski definition) is 1. The highest BCUT2D eigenvalue weighted by atomic mass is 19.1. The first kappa shape index (κ1) is 15.3. The van der Waals surface area contributed by atoms with Gasteiger partial charge in [-0.1, -0.05) is 31.9 Å². The van der Waals surface area contributed by atoms with Crippen molar-refractivity contribution in [2.45, 2.75) is 64.5 Å². The van der Waals surface area contributed by atoms with Gasteiger partial charge in [-0.15, -0.1) is 0 Å². The van der Waals surface area contributed by atoms with Crippen LogP contribution in [0, 0.1) is 11.7 Å². The van der Waals surface area contributed by atoms with Crippen molar-refractivity contribution in [3.63, 3.8) is 0 Å². The molecule has 0 aliphatic heterocycles. The van der Waals surface area contributed by atoms with Crippen molar-refractivity contribution in [1.29, 1.82) is 0 Å². The van der Waals surface area contributed by atoms with Crippen molar-refractivity contribution in [3.05, 3.63) is 29.6 Å². The number of benzene rings is 1. The van der Waals surface area contributed by atoms with E-state index in [2.05, 4.69) is 6.92 Å². The molecule has 1 aromatic carbocycles. The van der Waals surface area contributed by atoms with Gasteiger partial charge in [0.05, 0.1) is 6.10 Å². The summed E-state index contributed by atoms with van der Waals surface area (Å²) in [7, 11) is 0. The van der Waals surface area contributed by atoms with Crippen LogP contribution in [-0.4, -0.2) is 12.1 Å². The zero-order valence-corrected chi connectivity index (χ0v) is 12.6. The van der Waals surface area contributed by atoms with Crippen molar-refractivity contribution in [1.82, 2.24) is 0 Å². The Morgan fingerprint density at radius 3 is 2.90 bits per heavy atom. The predicted molar refractivity (Wildman–Crippen MR) is 80.4 cm³/mol. The second kappa shape index (κ2) is 7.07. The molecular formula is C17H26FNO. The Bertz CT molecular complexity index is 433. The Morgan fingerprint density at radius 1 is 1.40 bits per heavy atom. The Balaban J connectivity index is 2.11. The summed E-state index contributed by atoms with van der Waals surface area (Å²) in [6.45, 7) is 4.15. The number of rotatable bonds is 5. The molecule has 0 spiro atoms. The van der Waals surface area contributed by atoms with Gasteiger partial charge in [-0.2, -0.15) is 0 Å². The van der Waals surface area contributed by atoms with Crippen LogP contribution in [0.4, 0.5) is 4.39 Å². The number of ether oxygens (including phenoxy) is 1. The molecule has 0 amide bonds. The van der Waals surface area contributed by atoms with Gasteiger partial charge in [-0.3, -0.25) is 0 Å². The molecule has 2 rings (SSSR count). The average Bonchev–Trinajstić information content (AvgIpc) is 2.42. The van der Waals surface area contributed by atoms with Crippen molar-refractivity contribution in [2.24, 2.45) is 11.7 Å². The first-order valence-electron chi connectivity index (χ1n) is 7.79. The molecule has 2 nitrogen and oxygen atoms in total. The molecule has 20 heavy (non-hydrogen) atoms. The van der Waals surface area contributed by atoms with Gasteiger partial charge >= 0.3 is 0 Å². The SMILES string of the molecule is CCC1CCCC(Oc2c(F)cccc2CC(C)N)C1. The minimum atomic E-state index is -0.262. The zero-order valence-electron chi connectivity index (χ0n) is 12.6. The second-order valence-corrected chi connectivity index (χ2v) is 6.09. The van der Waals surface area contributed by atoms with Crippen LogP contribution in [0.2, 0.25) is 0 Å². The predicted octanol–water partition coefficient (Wildman–Crippen LogP) is 4.06. The van der Waals surface area contributed by atoms with E-state index in [4.69, 9.17) is 10.5 Å². The molecular weight excluding hydrogens is 253 g/mol. The van der Waals surface area contributed by atoms with Crippen molar-refractivity contribution in [3.8, 4) is 5.75 Å². The first-order chi connectivity index (χ1) is 9.60. The van der Waals surface area contributed by atoms with E-state index in [1.165, 1.54) is 25.3 Å². The Morgan fingerprint density at radius 2 is 2.20 bits per heavy atom. The highest BCUT2D eigenvalue weighted by Gasteiger charge is 2.24.